The molecule has 1 atom stereocenters. The van der Waals surface area contributed by atoms with Gasteiger partial charge in [-0.2, -0.15) is 0 Å². The Morgan fingerprint density at radius 2 is 2.53 bits per heavy atom. The Morgan fingerprint density at radius 1 is 1.65 bits per heavy atom. The highest BCUT2D eigenvalue weighted by Gasteiger charge is 2.16. The van der Waals surface area contributed by atoms with Gasteiger partial charge in [0.25, 0.3) is 5.56 Å². The predicted octanol–water partition coefficient (Wildman–Crippen LogP) is -0.461. The zero-order valence-electron chi connectivity index (χ0n) is 9.46. The summed E-state index contributed by atoms with van der Waals surface area (Å²) in [6, 6.07) is 1.33. The van der Waals surface area contributed by atoms with E-state index < -0.39 is 0 Å². The molecule has 2 heterocycles. The first-order chi connectivity index (χ1) is 8.25. The number of nitrogens with one attached hydrogen (secondary N) is 1. The molecule has 1 unspecified atom stereocenters. The maximum Gasteiger partial charge on any atom is 0.253 e. The van der Waals surface area contributed by atoms with E-state index in [1.807, 2.05) is 0 Å². The maximum absolute atomic E-state index is 11.6. The molecule has 0 aliphatic carbocycles. The van der Waals surface area contributed by atoms with Crippen molar-refractivity contribution in [1.82, 2.24) is 14.9 Å². The number of nitrogens with zero attached hydrogens (tertiary/aromatic N) is 2. The summed E-state index contributed by atoms with van der Waals surface area (Å²) in [7, 11) is 0. The summed E-state index contributed by atoms with van der Waals surface area (Å²) >= 11 is 0. The largest absolute Gasteiger partial charge is 0.376 e. The van der Waals surface area contributed by atoms with Crippen LogP contribution in [0.3, 0.4) is 0 Å². The van der Waals surface area contributed by atoms with Crippen LogP contribution in [0.1, 0.15) is 12.8 Å². The summed E-state index contributed by atoms with van der Waals surface area (Å²) in [6.45, 7) is 1.27. The number of ether oxygens (including phenoxy) is 1. The average Bonchev–Trinajstić information content (AvgIpc) is 2.82. The molecule has 17 heavy (non-hydrogen) atoms. The third-order valence-corrected chi connectivity index (χ3v) is 2.66. The minimum Gasteiger partial charge on any atom is -0.376 e. The van der Waals surface area contributed by atoms with Crippen molar-refractivity contribution in [3.63, 3.8) is 0 Å². The van der Waals surface area contributed by atoms with E-state index in [1.54, 1.807) is 0 Å². The molecule has 1 aliphatic heterocycles. The standard InChI is InChI=1S/C11H15N3O3/c15-10(13-6-9-2-1-5-17-9)7-14-8-12-4-3-11(14)16/h3-4,8-9H,1-2,5-7H2,(H,13,15). The SMILES string of the molecule is O=C(Cn1cnccc1=O)NCC1CCCO1. The molecule has 6 heteroatoms. The molecule has 0 spiro atoms. The normalized spacial score (nSPS) is 19.2. The number of rotatable bonds is 4. The molecule has 0 bridgehead atoms. The molecular formula is C11H15N3O3. The van der Waals surface area contributed by atoms with Crippen molar-refractivity contribution in [3.05, 3.63) is 28.9 Å². The molecule has 6 nitrogen and oxygen atoms in total. The number of carbonyl (C=O) groups is 1. The highest BCUT2D eigenvalue weighted by molar-refractivity contribution is 5.75. The van der Waals surface area contributed by atoms with Crippen molar-refractivity contribution >= 4 is 5.91 Å². The first kappa shape index (κ1) is 11.8. The molecule has 1 aromatic rings. The Labute approximate surface area is 98.6 Å². The summed E-state index contributed by atoms with van der Waals surface area (Å²) < 4.78 is 6.65. The molecule has 1 N–H and O–H groups in total. The van der Waals surface area contributed by atoms with Gasteiger partial charge in [0.2, 0.25) is 5.91 Å². The summed E-state index contributed by atoms with van der Waals surface area (Å²) in [5.74, 6) is -0.199. The number of hydrogen-bond donors (Lipinski definition) is 1. The molecule has 1 amide bonds. The van der Waals surface area contributed by atoms with Crippen LogP contribution >= 0.6 is 0 Å². The molecule has 2 rings (SSSR count). The molecule has 1 aromatic heterocycles. The molecule has 1 fully saturated rings. The highest BCUT2D eigenvalue weighted by Crippen LogP contribution is 2.10. The van der Waals surface area contributed by atoms with E-state index in [-0.39, 0.29) is 24.1 Å². The monoisotopic (exact) mass is 237 g/mol. The fraction of sp³-hybridized carbons (Fsp3) is 0.545. The summed E-state index contributed by atoms with van der Waals surface area (Å²) in [4.78, 5) is 26.7. The first-order valence-corrected chi connectivity index (χ1v) is 5.64. The van der Waals surface area contributed by atoms with Gasteiger partial charge in [0.15, 0.2) is 0 Å². The number of aromatic nitrogens is 2. The molecule has 0 saturated carbocycles. The van der Waals surface area contributed by atoms with E-state index in [9.17, 15) is 9.59 Å². The maximum atomic E-state index is 11.6. The van der Waals surface area contributed by atoms with Crippen molar-refractivity contribution < 1.29 is 9.53 Å². The minimum atomic E-state index is -0.229. The van der Waals surface area contributed by atoms with Crippen LogP contribution in [-0.2, 0) is 16.1 Å². The van der Waals surface area contributed by atoms with Gasteiger partial charge in [0, 0.05) is 25.4 Å². The van der Waals surface area contributed by atoms with Gasteiger partial charge in [0.05, 0.1) is 12.4 Å². The Kier molecular flexibility index (Phi) is 3.87. The van der Waals surface area contributed by atoms with Gasteiger partial charge in [-0.25, -0.2) is 4.98 Å². The fourth-order valence-electron chi connectivity index (χ4n) is 1.74. The third kappa shape index (κ3) is 3.39. The lowest BCUT2D eigenvalue weighted by Crippen LogP contribution is -2.36. The van der Waals surface area contributed by atoms with Crippen molar-refractivity contribution in [2.24, 2.45) is 0 Å². The second-order valence-electron chi connectivity index (χ2n) is 3.99. The average molecular weight is 237 g/mol. The van der Waals surface area contributed by atoms with Crippen LogP contribution in [0.25, 0.3) is 0 Å². The first-order valence-electron chi connectivity index (χ1n) is 5.64. The van der Waals surface area contributed by atoms with Crippen molar-refractivity contribution in [2.75, 3.05) is 13.2 Å². The number of carbonyl (C=O) groups excluding carboxylic acids is 1. The Hall–Kier alpha value is -1.69. The van der Waals surface area contributed by atoms with E-state index in [4.69, 9.17) is 4.74 Å². The summed E-state index contributed by atoms with van der Waals surface area (Å²) in [5.41, 5.74) is -0.229. The minimum absolute atomic E-state index is 0.000602. The van der Waals surface area contributed by atoms with Gasteiger partial charge < -0.3 is 10.1 Å². The van der Waals surface area contributed by atoms with Gasteiger partial charge >= 0.3 is 0 Å². The predicted molar refractivity (Wildman–Crippen MR) is 60.5 cm³/mol. The number of hydrogen-bond acceptors (Lipinski definition) is 4. The van der Waals surface area contributed by atoms with Gasteiger partial charge in [-0.15, -0.1) is 0 Å². The molecular weight excluding hydrogens is 222 g/mol. The summed E-state index contributed by atoms with van der Waals surface area (Å²) in [6.07, 6.45) is 4.90. The fourth-order valence-corrected chi connectivity index (χ4v) is 1.74. The van der Waals surface area contributed by atoms with Gasteiger partial charge in [-0.3, -0.25) is 14.2 Å². The Balaban J connectivity index is 1.81. The van der Waals surface area contributed by atoms with E-state index >= 15 is 0 Å². The Morgan fingerprint density at radius 3 is 3.24 bits per heavy atom. The highest BCUT2D eigenvalue weighted by atomic mass is 16.5. The zero-order chi connectivity index (χ0) is 12.1. The van der Waals surface area contributed by atoms with Crippen LogP contribution in [0.5, 0.6) is 0 Å². The Bertz CT molecular complexity index is 438. The van der Waals surface area contributed by atoms with E-state index in [0.29, 0.717) is 6.54 Å². The second kappa shape index (κ2) is 5.58. The van der Waals surface area contributed by atoms with Crippen LogP contribution in [0, 0.1) is 0 Å². The van der Waals surface area contributed by atoms with Crippen LogP contribution in [0.4, 0.5) is 0 Å². The van der Waals surface area contributed by atoms with Crippen LogP contribution < -0.4 is 10.9 Å². The topological polar surface area (TPSA) is 73.2 Å². The van der Waals surface area contributed by atoms with Crippen molar-refractivity contribution in [3.8, 4) is 0 Å². The van der Waals surface area contributed by atoms with Crippen molar-refractivity contribution in [1.29, 1.82) is 0 Å². The van der Waals surface area contributed by atoms with Crippen LogP contribution in [0.15, 0.2) is 23.4 Å². The molecule has 92 valence electrons. The lowest BCUT2D eigenvalue weighted by atomic mass is 10.2. The molecule has 0 aromatic carbocycles. The molecule has 1 saturated heterocycles. The van der Waals surface area contributed by atoms with Gasteiger partial charge in [-0.1, -0.05) is 0 Å². The number of amides is 1. The van der Waals surface area contributed by atoms with Crippen molar-refractivity contribution in [2.45, 2.75) is 25.5 Å². The second-order valence-corrected chi connectivity index (χ2v) is 3.99. The van der Waals surface area contributed by atoms with E-state index in [0.717, 1.165) is 19.4 Å². The lowest BCUT2D eigenvalue weighted by molar-refractivity contribution is -0.122. The smallest absolute Gasteiger partial charge is 0.253 e. The summed E-state index contributed by atoms with van der Waals surface area (Å²) in [5, 5.41) is 2.75. The third-order valence-electron chi connectivity index (χ3n) is 2.66. The zero-order valence-corrected chi connectivity index (χ0v) is 9.46. The lowest BCUT2D eigenvalue weighted by Gasteiger charge is -2.11. The van der Waals surface area contributed by atoms with Crippen LogP contribution in [-0.4, -0.2) is 34.7 Å². The van der Waals surface area contributed by atoms with Gasteiger partial charge in [-0.05, 0) is 12.8 Å². The van der Waals surface area contributed by atoms with Gasteiger partial charge in [0.1, 0.15) is 6.54 Å². The quantitative estimate of drug-likeness (QED) is 0.769. The molecule has 1 aliphatic rings. The van der Waals surface area contributed by atoms with Crippen LogP contribution in [0.2, 0.25) is 0 Å². The van der Waals surface area contributed by atoms with E-state index in [1.165, 1.54) is 23.2 Å². The van der Waals surface area contributed by atoms with E-state index in [2.05, 4.69) is 10.3 Å². The molecule has 0 radical (unpaired) electrons.